The number of aromatic nitrogens is 3. The van der Waals surface area contributed by atoms with Gasteiger partial charge in [-0.2, -0.15) is 5.26 Å². The Hall–Kier alpha value is -3.46. The van der Waals surface area contributed by atoms with Crippen molar-refractivity contribution in [1.82, 2.24) is 14.8 Å². The van der Waals surface area contributed by atoms with E-state index in [-0.39, 0.29) is 35.8 Å². The third-order valence-corrected chi connectivity index (χ3v) is 3.42. The molecule has 0 spiro atoms. The minimum Gasteiger partial charge on any atom is -0.545 e. The van der Waals surface area contributed by atoms with Crippen LogP contribution in [0, 0.1) is 17.1 Å². The van der Waals surface area contributed by atoms with Crippen LogP contribution in [0.15, 0.2) is 48.8 Å². The second kappa shape index (κ2) is 8.28. The maximum Gasteiger partial charge on any atom is 1.00 e. The van der Waals surface area contributed by atoms with Gasteiger partial charge in [0.05, 0.1) is 17.2 Å². The van der Waals surface area contributed by atoms with Gasteiger partial charge in [-0.25, -0.2) is 4.39 Å². The van der Waals surface area contributed by atoms with E-state index >= 15 is 0 Å². The summed E-state index contributed by atoms with van der Waals surface area (Å²) in [6.45, 7) is 0. The van der Waals surface area contributed by atoms with Gasteiger partial charge in [-0.05, 0) is 36.4 Å². The van der Waals surface area contributed by atoms with Gasteiger partial charge in [0.25, 0.3) is 5.91 Å². The van der Waals surface area contributed by atoms with E-state index in [1.165, 1.54) is 12.1 Å². The summed E-state index contributed by atoms with van der Waals surface area (Å²) < 4.78 is 14.9. The zero-order chi connectivity index (χ0) is 18.7. The van der Waals surface area contributed by atoms with Gasteiger partial charge in [-0.3, -0.25) is 4.79 Å². The SMILES string of the molecule is N#Cc1ccn(-c2ccc(C(=O)Nc3cc(F)ccc3C(=O)[O-])nn2)c1.[Li+]. The first-order valence-electron chi connectivity index (χ1n) is 7.22. The van der Waals surface area contributed by atoms with Crippen LogP contribution in [0.3, 0.4) is 0 Å². The van der Waals surface area contributed by atoms with Gasteiger partial charge in [0, 0.05) is 18.0 Å². The van der Waals surface area contributed by atoms with Crippen molar-refractivity contribution in [2.45, 2.75) is 0 Å². The number of anilines is 1. The van der Waals surface area contributed by atoms with Crippen molar-refractivity contribution < 1.29 is 37.9 Å². The van der Waals surface area contributed by atoms with Gasteiger partial charge in [-0.1, -0.05) is 0 Å². The predicted octanol–water partition coefficient (Wildman–Crippen LogP) is -2.10. The molecule has 3 aromatic rings. The van der Waals surface area contributed by atoms with Gasteiger partial charge in [0.1, 0.15) is 11.9 Å². The minimum atomic E-state index is -1.55. The van der Waals surface area contributed by atoms with E-state index in [9.17, 15) is 19.1 Å². The number of hydrogen-bond donors (Lipinski definition) is 1. The van der Waals surface area contributed by atoms with Crippen LogP contribution in [0.2, 0.25) is 0 Å². The molecule has 0 saturated heterocycles. The average Bonchev–Trinajstić information content (AvgIpc) is 3.11. The van der Waals surface area contributed by atoms with Crippen LogP contribution < -0.4 is 29.3 Å². The van der Waals surface area contributed by atoms with Gasteiger partial charge in [0.15, 0.2) is 11.5 Å². The minimum absolute atomic E-state index is 0. The maximum atomic E-state index is 13.3. The Kier molecular flexibility index (Phi) is 6.09. The molecule has 0 unspecified atom stereocenters. The molecule has 0 fully saturated rings. The van der Waals surface area contributed by atoms with Gasteiger partial charge in [-0.15, -0.1) is 10.2 Å². The molecule has 0 aliphatic rings. The summed E-state index contributed by atoms with van der Waals surface area (Å²) in [6, 6.07) is 9.23. The third-order valence-electron chi connectivity index (χ3n) is 3.42. The van der Waals surface area contributed by atoms with Crippen LogP contribution >= 0.6 is 0 Å². The molecule has 0 aliphatic heterocycles. The van der Waals surface area contributed by atoms with Crippen LogP contribution in [-0.2, 0) is 0 Å². The summed E-state index contributed by atoms with van der Waals surface area (Å²) in [4.78, 5) is 23.2. The summed E-state index contributed by atoms with van der Waals surface area (Å²) in [6.07, 6.45) is 3.16. The number of carbonyl (C=O) groups excluding carboxylic acids is 2. The number of hydrogen-bond acceptors (Lipinski definition) is 6. The molecule has 1 amide bonds. The van der Waals surface area contributed by atoms with Gasteiger partial charge < -0.3 is 19.8 Å². The Morgan fingerprint density at radius 3 is 2.56 bits per heavy atom. The van der Waals surface area contributed by atoms with Crippen LogP contribution in [0.1, 0.15) is 26.4 Å². The molecule has 27 heavy (non-hydrogen) atoms. The number of nitriles is 1. The molecule has 0 radical (unpaired) electrons. The summed E-state index contributed by atoms with van der Waals surface area (Å²) in [5.74, 6) is -2.65. The van der Waals surface area contributed by atoms with E-state index in [0.29, 0.717) is 11.4 Å². The molecule has 0 atom stereocenters. The van der Waals surface area contributed by atoms with Crippen molar-refractivity contribution in [2.24, 2.45) is 0 Å². The number of nitrogens with zero attached hydrogens (tertiary/aromatic N) is 4. The Bertz CT molecular complexity index is 1040. The second-order valence-corrected chi connectivity index (χ2v) is 5.13. The number of aromatic carboxylic acids is 1. The molecule has 0 aliphatic carbocycles. The Balaban J connectivity index is 0.00000261. The first kappa shape index (κ1) is 19.9. The van der Waals surface area contributed by atoms with Crippen LogP contribution in [-0.4, -0.2) is 26.6 Å². The average molecular weight is 357 g/mol. The molecule has 3 rings (SSSR count). The van der Waals surface area contributed by atoms with Gasteiger partial charge in [0.2, 0.25) is 0 Å². The standard InChI is InChI=1S/C17H10FN5O3.Li/c18-11-1-2-12(17(25)26)14(7-11)20-16(24)13-3-4-15(22-21-13)23-6-5-10(8-19)9-23;/h1-7,9H,(H,20,24)(H,25,26);/q;+1/p-1. The largest absolute Gasteiger partial charge is 1.00 e. The van der Waals surface area contributed by atoms with E-state index in [0.717, 1.165) is 18.2 Å². The molecule has 1 N–H and O–H groups in total. The first-order valence-corrected chi connectivity index (χ1v) is 7.22. The Morgan fingerprint density at radius 2 is 1.96 bits per heavy atom. The van der Waals surface area contributed by atoms with E-state index < -0.39 is 17.7 Å². The van der Waals surface area contributed by atoms with Gasteiger partial charge >= 0.3 is 18.9 Å². The monoisotopic (exact) mass is 357 g/mol. The van der Waals surface area contributed by atoms with Crippen molar-refractivity contribution in [2.75, 3.05) is 5.32 Å². The van der Waals surface area contributed by atoms with E-state index in [4.69, 9.17) is 5.26 Å². The van der Waals surface area contributed by atoms with Crippen molar-refractivity contribution in [3.8, 4) is 11.9 Å². The molecule has 2 heterocycles. The van der Waals surface area contributed by atoms with Crippen molar-refractivity contribution in [1.29, 1.82) is 5.26 Å². The zero-order valence-corrected chi connectivity index (χ0v) is 14.0. The third kappa shape index (κ3) is 4.39. The zero-order valence-electron chi connectivity index (χ0n) is 14.0. The first-order chi connectivity index (χ1) is 12.5. The maximum absolute atomic E-state index is 13.3. The van der Waals surface area contributed by atoms with Crippen molar-refractivity contribution >= 4 is 17.6 Å². The molecule has 10 heteroatoms. The summed E-state index contributed by atoms with van der Waals surface area (Å²) in [5, 5.41) is 29.8. The predicted molar refractivity (Wildman–Crippen MR) is 84.8 cm³/mol. The number of rotatable bonds is 4. The Morgan fingerprint density at radius 1 is 1.19 bits per heavy atom. The quantitative estimate of drug-likeness (QED) is 0.534. The van der Waals surface area contributed by atoms with E-state index in [1.54, 1.807) is 23.0 Å². The fourth-order valence-corrected chi connectivity index (χ4v) is 2.17. The number of benzene rings is 1. The molecule has 2 aromatic heterocycles. The number of carboxylic acids is 1. The number of nitrogens with one attached hydrogen (secondary N) is 1. The number of carboxylic acid groups (broad SMARTS) is 1. The van der Waals surface area contributed by atoms with Crippen LogP contribution in [0.4, 0.5) is 10.1 Å². The topological polar surface area (TPSA) is 124 Å². The number of amides is 1. The number of halogens is 1. The number of carbonyl (C=O) groups is 2. The van der Waals surface area contributed by atoms with Crippen LogP contribution in [0.5, 0.6) is 0 Å². The Labute approximate surface area is 164 Å². The normalized spacial score (nSPS) is 9.78. The molecule has 0 saturated carbocycles. The van der Waals surface area contributed by atoms with Crippen molar-refractivity contribution in [3.05, 3.63) is 71.4 Å². The molecule has 128 valence electrons. The molecular formula is C17H9FLiN5O3. The summed E-state index contributed by atoms with van der Waals surface area (Å²) in [7, 11) is 0. The van der Waals surface area contributed by atoms with Crippen LogP contribution in [0.25, 0.3) is 5.82 Å². The summed E-state index contributed by atoms with van der Waals surface area (Å²) in [5.41, 5.74) is -0.268. The second-order valence-electron chi connectivity index (χ2n) is 5.13. The fourth-order valence-electron chi connectivity index (χ4n) is 2.17. The molecular weight excluding hydrogens is 348 g/mol. The molecule has 1 aromatic carbocycles. The molecule has 0 bridgehead atoms. The summed E-state index contributed by atoms with van der Waals surface area (Å²) >= 11 is 0. The van der Waals surface area contributed by atoms with E-state index in [1.807, 2.05) is 6.07 Å². The smallest absolute Gasteiger partial charge is 0.545 e. The fraction of sp³-hybridized carbons (Fsp3) is 0. The molecule has 8 nitrogen and oxygen atoms in total. The van der Waals surface area contributed by atoms with E-state index in [2.05, 4.69) is 15.5 Å². The van der Waals surface area contributed by atoms with Crippen molar-refractivity contribution in [3.63, 3.8) is 0 Å².